The van der Waals surface area contributed by atoms with Gasteiger partial charge in [0.2, 0.25) is 0 Å². The van der Waals surface area contributed by atoms with Crippen LogP contribution in [0.25, 0.3) is 0 Å². The summed E-state index contributed by atoms with van der Waals surface area (Å²) in [7, 11) is 1.97. The fraction of sp³-hybridized carbons (Fsp3) is 1.00. The van der Waals surface area contributed by atoms with Gasteiger partial charge in [0.25, 0.3) is 0 Å². The summed E-state index contributed by atoms with van der Waals surface area (Å²) in [6, 6.07) is 0. The molecule has 1 rings (SSSR count). The molecule has 0 aliphatic carbocycles. The van der Waals surface area contributed by atoms with E-state index in [4.69, 9.17) is 4.74 Å². The standard InChI is InChI=1S/C8H17NO.C5H13N.C2H6/c1-2-3-4-9-5-7-10-8-6-9;1-5(2)4-6-3;1-2/h2-8H2,1H3;5-6H,4H2,1-3H3;1-2H3. The molecule has 0 aromatic carbocycles. The molecule has 1 aliphatic heterocycles. The lowest BCUT2D eigenvalue weighted by atomic mass is 10.2. The molecular formula is C15H36N2O. The minimum Gasteiger partial charge on any atom is -0.379 e. The summed E-state index contributed by atoms with van der Waals surface area (Å²) in [5.41, 5.74) is 0. The molecule has 0 bridgehead atoms. The van der Waals surface area contributed by atoms with Crippen LogP contribution in [-0.4, -0.2) is 51.3 Å². The molecule has 1 heterocycles. The van der Waals surface area contributed by atoms with Crippen LogP contribution in [0.15, 0.2) is 0 Å². The van der Waals surface area contributed by atoms with Gasteiger partial charge in [-0.05, 0) is 32.5 Å². The van der Waals surface area contributed by atoms with Crippen molar-refractivity contribution in [1.29, 1.82) is 0 Å². The third-order valence-corrected chi connectivity index (χ3v) is 2.54. The van der Waals surface area contributed by atoms with Crippen LogP contribution in [0.3, 0.4) is 0 Å². The highest BCUT2D eigenvalue weighted by Crippen LogP contribution is 1.98. The maximum absolute atomic E-state index is 5.24. The van der Waals surface area contributed by atoms with E-state index in [1.165, 1.54) is 19.4 Å². The van der Waals surface area contributed by atoms with Crippen molar-refractivity contribution in [2.24, 2.45) is 5.92 Å². The van der Waals surface area contributed by atoms with E-state index in [1.54, 1.807) is 0 Å². The van der Waals surface area contributed by atoms with E-state index in [0.29, 0.717) is 0 Å². The van der Waals surface area contributed by atoms with E-state index in [9.17, 15) is 0 Å². The monoisotopic (exact) mass is 260 g/mol. The second-order valence-corrected chi connectivity index (χ2v) is 4.76. The van der Waals surface area contributed by atoms with Gasteiger partial charge in [0.1, 0.15) is 0 Å². The lowest BCUT2D eigenvalue weighted by molar-refractivity contribution is 0.0373. The zero-order chi connectivity index (χ0) is 14.2. The molecule has 112 valence electrons. The van der Waals surface area contributed by atoms with Crippen LogP contribution in [0, 0.1) is 5.92 Å². The molecule has 1 aliphatic rings. The number of hydrogen-bond acceptors (Lipinski definition) is 3. The summed E-state index contributed by atoms with van der Waals surface area (Å²) < 4.78 is 5.24. The Kier molecular flexibility index (Phi) is 18.9. The van der Waals surface area contributed by atoms with Gasteiger partial charge in [0.05, 0.1) is 13.2 Å². The number of rotatable bonds is 5. The molecule has 0 saturated carbocycles. The lowest BCUT2D eigenvalue weighted by Crippen LogP contribution is -2.36. The Morgan fingerprint density at radius 1 is 1.17 bits per heavy atom. The molecule has 0 aromatic heterocycles. The van der Waals surface area contributed by atoms with Gasteiger partial charge in [-0.25, -0.2) is 0 Å². The summed E-state index contributed by atoms with van der Waals surface area (Å²) in [4.78, 5) is 2.48. The quantitative estimate of drug-likeness (QED) is 0.822. The van der Waals surface area contributed by atoms with Gasteiger partial charge in [0.15, 0.2) is 0 Å². The average molecular weight is 260 g/mol. The van der Waals surface area contributed by atoms with Crippen molar-refractivity contribution in [2.45, 2.75) is 47.5 Å². The van der Waals surface area contributed by atoms with Crippen LogP contribution in [0.4, 0.5) is 0 Å². The molecule has 1 N–H and O–H groups in total. The van der Waals surface area contributed by atoms with E-state index < -0.39 is 0 Å². The molecule has 1 saturated heterocycles. The van der Waals surface area contributed by atoms with E-state index in [1.807, 2.05) is 20.9 Å². The van der Waals surface area contributed by atoms with Crippen molar-refractivity contribution >= 4 is 0 Å². The number of hydrogen-bond donors (Lipinski definition) is 1. The molecule has 0 amide bonds. The molecule has 3 heteroatoms. The lowest BCUT2D eigenvalue weighted by Gasteiger charge is -2.26. The van der Waals surface area contributed by atoms with Crippen molar-refractivity contribution in [3.8, 4) is 0 Å². The van der Waals surface area contributed by atoms with Gasteiger partial charge in [0, 0.05) is 13.1 Å². The number of unbranched alkanes of at least 4 members (excludes halogenated alkanes) is 1. The SMILES string of the molecule is CC.CCCCN1CCOCC1.CNCC(C)C. The molecular weight excluding hydrogens is 224 g/mol. The Morgan fingerprint density at radius 3 is 2.06 bits per heavy atom. The van der Waals surface area contributed by atoms with Crippen molar-refractivity contribution in [3.05, 3.63) is 0 Å². The molecule has 0 unspecified atom stereocenters. The predicted octanol–water partition coefficient (Wildman–Crippen LogP) is 3.01. The number of morpholine rings is 1. The van der Waals surface area contributed by atoms with Crippen molar-refractivity contribution in [3.63, 3.8) is 0 Å². The molecule has 0 radical (unpaired) electrons. The van der Waals surface area contributed by atoms with E-state index in [-0.39, 0.29) is 0 Å². The minimum absolute atomic E-state index is 0.787. The van der Waals surface area contributed by atoms with Crippen LogP contribution in [0.1, 0.15) is 47.5 Å². The first kappa shape index (κ1) is 20.2. The summed E-state index contributed by atoms with van der Waals surface area (Å²) in [5.74, 6) is 0.787. The minimum atomic E-state index is 0.787. The van der Waals surface area contributed by atoms with E-state index in [0.717, 1.165) is 38.8 Å². The predicted molar refractivity (Wildman–Crippen MR) is 82.3 cm³/mol. The van der Waals surface area contributed by atoms with Crippen molar-refractivity contribution in [2.75, 3.05) is 46.4 Å². The molecule has 3 nitrogen and oxygen atoms in total. The highest BCUT2D eigenvalue weighted by atomic mass is 16.5. The molecule has 1 fully saturated rings. The zero-order valence-corrected chi connectivity index (χ0v) is 13.6. The van der Waals surface area contributed by atoms with Crippen LogP contribution in [0.5, 0.6) is 0 Å². The van der Waals surface area contributed by atoms with Gasteiger partial charge in [-0.2, -0.15) is 0 Å². The topological polar surface area (TPSA) is 24.5 Å². The van der Waals surface area contributed by atoms with Gasteiger partial charge in [-0.15, -0.1) is 0 Å². The maximum atomic E-state index is 5.24. The highest BCUT2D eigenvalue weighted by Gasteiger charge is 2.07. The average Bonchev–Trinajstić information content (AvgIpc) is 2.40. The summed E-state index contributed by atoms with van der Waals surface area (Å²) in [6.07, 6.45) is 2.64. The third kappa shape index (κ3) is 15.9. The summed E-state index contributed by atoms with van der Waals surface area (Å²) in [5, 5.41) is 3.07. The van der Waals surface area contributed by atoms with Gasteiger partial charge in [-0.3, -0.25) is 4.90 Å². The molecule has 0 aromatic rings. The zero-order valence-electron chi connectivity index (χ0n) is 13.6. The normalized spacial score (nSPS) is 15.5. The third-order valence-electron chi connectivity index (χ3n) is 2.54. The smallest absolute Gasteiger partial charge is 0.0594 e. The first-order valence-corrected chi connectivity index (χ1v) is 7.65. The molecule has 18 heavy (non-hydrogen) atoms. The van der Waals surface area contributed by atoms with Crippen molar-refractivity contribution < 1.29 is 4.74 Å². The Labute approximate surface area is 115 Å². The van der Waals surface area contributed by atoms with Gasteiger partial charge in [-0.1, -0.05) is 41.0 Å². The van der Waals surface area contributed by atoms with Crippen LogP contribution < -0.4 is 5.32 Å². The Balaban J connectivity index is 0. The van der Waals surface area contributed by atoms with E-state index >= 15 is 0 Å². The number of nitrogens with one attached hydrogen (secondary N) is 1. The first-order valence-electron chi connectivity index (χ1n) is 7.65. The van der Waals surface area contributed by atoms with E-state index in [2.05, 4.69) is 31.0 Å². The second kappa shape index (κ2) is 16.9. The molecule has 0 spiro atoms. The maximum Gasteiger partial charge on any atom is 0.0594 e. The van der Waals surface area contributed by atoms with Crippen molar-refractivity contribution in [1.82, 2.24) is 10.2 Å². The Bertz CT molecular complexity index is 134. The second-order valence-electron chi connectivity index (χ2n) is 4.76. The summed E-state index contributed by atoms with van der Waals surface area (Å²) in [6.45, 7) is 17.2. The number of nitrogens with zero attached hydrogens (tertiary/aromatic N) is 1. The highest BCUT2D eigenvalue weighted by molar-refractivity contribution is 4.60. The fourth-order valence-corrected chi connectivity index (χ4v) is 1.61. The van der Waals surface area contributed by atoms with Crippen LogP contribution in [0.2, 0.25) is 0 Å². The summed E-state index contributed by atoms with van der Waals surface area (Å²) >= 11 is 0. The first-order chi connectivity index (χ1) is 8.70. The van der Waals surface area contributed by atoms with Crippen LogP contribution in [-0.2, 0) is 4.74 Å². The molecule has 0 atom stereocenters. The Hall–Kier alpha value is -0.120. The Morgan fingerprint density at radius 2 is 1.72 bits per heavy atom. The fourth-order valence-electron chi connectivity index (χ4n) is 1.61. The van der Waals surface area contributed by atoms with Crippen LogP contribution >= 0.6 is 0 Å². The van der Waals surface area contributed by atoms with Gasteiger partial charge < -0.3 is 10.1 Å². The van der Waals surface area contributed by atoms with Gasteiger partial charge >= 0.3 is 0 Å². The number of ether oxygens (including phenoxy) is 1. The largest absolute Gasteiger partial charge is 0.379 e.